The first kappa shape index (κ1) is 21.6. The normalized spacial score (nSPS) is 14.0. The van der Waals surface area contributed by atoms with Gasteiger partial charge < -0.3 is 15.5 Å². The first-order valence-corrected chi connectivity index (χ1v) is 10.8. The Kier molecular flexibility index (Phi) is 5.99. The van der Waals surface area contributed by atoms with Gasteiger partial charge in [-0.2, -0.15) is 0 Å². The number of phenols is 1. The monoisotopic (exact) mass is 429 g/mol. The van der Waals surface area contributed by atoms with Crippen molar-refractivity contribution in [2.75, 3.05) is 11.9 Å². The zero-order valence-electron chi connectivity index (χ0n) is 18.1. The fourth-order valence-electron chi connectivity index (χ4n) is 4.52. The smallest absolute Gasteiger partial charge is 0.310 e. The van der Waals surface area contributed by atoms with Gasteiger partial charge >= 0.3 is 5.97 Å². The van der Waals surface area contributed by atoms with Crippen molar-refractivity contribution < 1.29 is 19.8 Å². The molecule has 0 heterocycles. The third kappa shape index (κ3) is 4.52. The standard InChI is InChI=1S/C27H27NO4/c1-18-5-4-6-19(13-18)11-12-28-23-14-20(9-10-24(23)29)25(30)17-27(26(31)32)15-21-7-2-3-8-22(21)16-27/h2-10,13-14,28-29H,11-12,15-17H2,1H3,(H,31,32). The summed E-state index contributed by atoms with van der Waals surface area (Å²) in [5.41, 5.74) is 4.11. The summed E-state index contributed by atoms with van der Waals surface area (Å²) in [4.78, 5) is 25.3. The van der Waals surface area contributed by atoms with Gasteiger partial charge in [0.1, 0.15) is 5.75 Å². The Morgan fingerprint density at radius 1 is 0.969 bits per heavy atom. The topological polar surface area (TPSA) is 86.6 Å². The van der Waals surface area contributed by atoms with Crippen LogP contribution in [0.2, 0.25) is 0 Å². The van der Waals surface area contributed by atoms with Gasteiger partial charge in [-0.25, -0.2) is 0 Å². The molecule has 0 unspecified atom stereocenters. The van der Waals surface area contributed by atoms with Crippen molar-refractivity contribution in [2.45, 2.75) is 32.6 Å². The van der Waals surface area contributed by atoms with E-state index in [9.17, 15) is 19.8 Å². The van der Waals surface area contributed by atoms with Crippen LogP contribution >= 0.6 is 0 Å². The summed E-state index contributed by atoms with van der Waals surface area (Å²) >= 11 is 0. The highest BCUT2D eigenvalue weighted by Crippen LogP contribution is 2.41. The summed E-state index contributed by atoms with van der Waals surface area (Å²) in [5.74, 6) is -1.12. The predicted octanol–water partition coefficient (Wildman–Crippen LogP) is 4.80. The number of hydrogen-bond donors (Lipinski definition) is 3. The lowest BCUT2D eigenvalue weighted by molar-refractivity contribution is -0.148. The molecule has 164 valence electrons. The number of aliphatic carboxylic acids is 1. The third-order valence-corrected chi connectivity index (χ3v) is 6.26. The van der Waals surface area contributed by atoms with E-state index in [4.69, 9.17) is 0 Å². The Bertz CT molecular complexity index is 1140. The molecule has 0 aromatic heterocycles. The van der Waals surface area contributed by atoms with Crippen LogP contribution in [-0.2, 0) is 24.1 Å². The zero-order chi connectivity index (χ0) is 22.7. The van der Waals surface area contributed by atoms with Gasteiger partial charge in [-0.15, -0.1) is 0 Å². The minimum atomic E-state index is -1.13. The molecule has 0 amide bonds. The van der Waals surface area contributed by atoms with E-state index in [1.165, 1.54) is 17.2 Å². The maximum absolute atomic E-state index is 13.1. The molecule has 0 aliphatic heterocycles. The van der Waals surface area contributed by atoms with Crippen molar-refractivity contribution in [3.8, 4) is 5.75 Å². The number of aromatic hydroxyl groups is 1. The van der Waals surface area contributed by atoms with Crippen molar-refractivity contribution in [3.63, 3.8) is 0 Å². The van der Waals surface area contributed by atoms with Crippen molar-refractivity contribution in [3.05, 3.63) is 94.5 Å². The van der Waals surface area contributed by atoms with Gasteiger partial charge in [0.15, 0.2) is 5.78 Å². The number of carboxylic acids is 1. The summed E-state index contributed by atoms with van der Waals surface area (Å²) in [6.07, 6.45) is 1.40. The zero-order valence-corrected chi connectivity index (χ0v) is 18.1. The van der Waals surface area contributed by atoms with Crippen LogP contribution in [0.25, 0.3) is 0 Å². The van der Waals surface area contributed by atoms with Crippen LogP contribution in [0.15, 0.2) is 66.7 Å². The van der Waals surface area contributed by atoms with Crippen molar-refractivity contribution >= 4 is 17.4 Å². The number of Topliss-reactive ketones (excluding diaryl/α,β-unsaturated/α-hetero) is 1. The molecule has 0 fully saturated rings. The van der Waals surface area contributed by atoms with Gasteiger partial charge in [-0.05, 0) is 61.1 Å². The lowest BCUT2D eigenvalue weighted by Gasteiger charge is -2.23. The van der Waals surface area contributed by atoms with E-state index in [1.807, 2.05) is 43.3 Å². The molecule has 0 saturated carbocycles. The van der Waals surface area contributed by atoms with E-state index in [2.05, 4.69) is 17.4 Å². The Balaban J connectivity index is 1.46. The number of hydrogen-bond acceptors (Lipinski definition) is 4. The molecule has 3 aromatic rings. The highest BCUT2D eigenvalue weighted by Gasteiger charge is 2.45. The van der Waals surface area contributed by atoms with Crippen molar-refractivity contribution in [2.24, 2.45) is 5.41 Å². The maximum atomic E-state index is 13.1. The number of anilines is 1. The molecule has 32 heavy (non-hydrogen) atoms. The van der Waals surface area contributed by atoms with Gasteiger partial charge in [-0.3, -0.25) is 9.59 Å². The Morgan fingerprint density at radius 2 is 1.69 bits per heavy atom. The average molecular weight is 430 g/mol. The van der Waals surface area contributed by atoms with Crippen LogP contribution in [0, 0.1) is 12.3 Å². The first-order valence-electron chi connectivity index (χ1n) is 10.8. The number of carboxylic acid groups (broad SMARTS) is 1. The first-order chi connectivity index (χ1) is 15.4. The van der Waals surface area contributed by atoms with E-state index < -0.39 is 11.4 Å². The minimum absolute atomic E-state index is 0.0620. The minimum Gasteiger partial charge on any atom is -0.506 e. The summed E-state index contributed by atoms with van der Waals surface area (Å²) in [7, 11) is 0. The maximum Gasteiger partial charge on any atom is 0.310 e. The van der Waals surface area contributed by atoms with Crippen LogP contribution in [0.3, 0.4) is 0 Å². The third-order valence-electron chi connectivity index (χ3n) is 6.26. The van der Waals surface area contributed by atoms with Crippen molar-refractivity contribution in [1.29, 1.82) is 0 Å². The van der Waals surface area contributed by atoms with E-state index in [0.717, 1.165) is 17.5 Å². The lowest BCUT2D eigenvalue weighted by Crippen LogP contribution is -2.34. The number of nitrogens with one attached hydrogen (secondary N) is 1. The molecule has 0 spiro atoms. The molecule has 0 bridgehead atoms. The molecule has 3 aromatic carbocycles. The molecule has 0 saturated heterocycles. The van der Waals surface area contributed by atoms with Crippen LogP contribution in [-0.4, -0.2) is 28.5 Å². The number of carbonyl (C=O) groups excluding carboxylic acids is 1. The van der Waals surface area contributed by atoms with Gasteiger partial charge in [0.05, 0.1) is 11.1 Å². The number of phenolic OH excluding ortho intramolecular Hbond substituents is 1. The summed E-state index contributed by atoms with van der Waals surface area (Å²) in [6.45, 7) is 2.65. The SMILES string of the molecule is Cc1cccc(CCNc2cc(C(=O)CC3(C(=O)O)Cc4ccccc4C3)ccc2O)c1. The number of aryl methyl sites for hydroxylation is 1. The van der Waals surface area contributed by atoms with E-state index in [-0.39, 0.29) is 18.0 Å². The highest BCUT2D eigenvalue weighted by atomic mass is 16.4. The van der Waals surface area contributed by atoms with E-state index >= 15 is 0 Å². The van der Waals surface area contributed by atoms with E-state index in [1.54, 1.807) is 12.1 Å². The number of ketones is 1. The molecule has 5 nitrogen and oxygen atoms in total. The fourth-order valence-corrected chi connectivity index (χ4v) is 4.52. The Morgan fingerprint density at radius 3 is 2.34 bits per heavy atom. The van der Waals surface area contributed by atoms with Crippen molar-refractivity contribution in [1.82, 2.24) is 0 Å². The molecule has 0 radical (unpaired) electrons. The number of fused-ring (bicyclic) bond motifs is 1. The molecule has 1 aliphatic rings. The predicted molar refractivity (Wildman–Crippen MR) is 124 cm³/mol. The Labute approximate surface area is 187 Å². The van der Waals surface area contributed by atoms with Gasteiger partial charge in [0.25, 0.3) is 0 Å². The van der Waals surface area contributed by atoms with Crippen LogP contribution < -0.4 is 5.32 Å². The fraction of sp³-hybridized carbons (Fsp3) is 0.259. The second-order valence-electron chi connectivity index (χ2n) is 8.71. The molecular weight excluding hydrogens is 402 g/mol. The molecular formula is C27H27NO4. The second-order valence-corrected chi connectivity index (χ2v) is 8.71. The molecule has 0 atom stereocenters. The second kappa shape index (κ2) is 8.87. The number of benzene rings is 3. The molecule has 1 aliphatic carbocycles. The summed E-state index contributed by atoms with van der Waals surface area (Å²) in [6, 6.07) is 20.5. The summed E-state index contributed by atoms with van der Waals surface area (Å²) < 4.78 is 0. The largest absolute Gasteiger partial charge is 0.506 e. The van der Waals surface area contributed by atoms with Gasteiger partial charge in [-0.1, -0.05) is 54.1 Å². The molecule has 3 N–H and O–H groups in total. The lowest BCUT2D eigenvalue weighted by atomic mass is 9.79. The number of rotatable bonds is 8. The van der Waals surface area contributed by atoms with Gasteiger partial charge in [0, 0.05) is 18.5 Å². The Hall–Kier alpha value is -3.60. The van der Waals surface area contributed by atoms with Crippen LogP contribution in [0.4, 0.5) is 5.69 Å². The summed E-state index contributed by atoms with van der Waals surface area (Å²) in [5, 5.41) is 23.4. The van der Waals surface area contributed by atoms with Gasteiger partial charge in [0.2, 0.25) is 0 Å². The molecule has 4 rings (SSSR count). The average Bonchev–Trinajstić information content (AvgIpc) is 3.14. The van der Waals surface area contributed by atoms with E-state index in [0.29, 0.717) is 30.6 Å². The number of carbonyl (C=O) groups is 2. The molecule has 5 heteroatoms. The quantitative estimate of drug-likeness (QED) is 0.354. The van der Waals surface area contributed by atoms with Crippen LogP contribution in [0.5, 0.6) is 5.75 Å². The van der Waals surface area contributed by atoms with Crippen LogP contribution in [0.1, 0.15) is 39.0 Å². The highest BCUT2D eigenvalue weighted by molar-refractivity contribution is 6.00.